The van der Waals surface area contributed by atoms with Crippen molar-refractivity contribution < 1.29 is 23.5 Å². The molecule has 234 valence electrons. The minimum absolute atomic E-state index is 0.0168. The van der Waals surface area contributed by atoms with Crippen LogP contribution in [0, 0.1) is 5.92 Å². The highest BCUT2D eigenvalue weighted by atomic mass is 35.5. The Kier molecular flexibility index (Phi) is 8.42. The summed E-state index contributed by atoms with van der Waals surface area (Å²) in [5.74, 6) is -0.506. The molecule has 1 aromatic heterocycles. The molecule has 6 rings (SSSR count). The summed E-state index contributed by atoms with van der Waals surface area (Å²) < 4.78 is 24.6. The van der Waals surface area contributed by atoms with Crippen molar-refractivity contribution in [1.82, 2.24) is 15.0 Å². The van der Waals surface area contributed by atoms with Crippen molar-refractivity contribution in [1.29, 1.82) is 0 Å². The smallest absolute Gasteiger partial charge is 0.264 e. The van der Waals surface area contributed by atoms with Gasteiger partial charge in [-0.25, -0.2) is 0 Å². The Labute approximate surface area is 263 Å². The average Bonchev–Trinajstić information content (AvgIpc) is 3.63. The Hall–Kier alpha value is -3.12. The van der Waals surface area contributed by atoms with Crippen LogP contribution in [-0.4, -0.2) is 59.6 Å². The number of rotatable bonds is 9. The molecule has 2 saturated heterocycles. The molecule has 44 heavy (non-hydrogen) atoms. The number of aryl methyl sites for hydroxylation is 1. The summed E-state index contributed by atoms with van der Waals surface area (Å²) in [7, 11) is -3.32. The standard InChI is InChI=1S/C32H39ClFN5O4Si/c1-21-30(44(2,3)34)28(13-16-37-20-24(14-17-40)35-36-37)43-32(21)26-18-23(33)9-12-27(26)39(31(32)42)19-22-7-10-25(11-8-22)38-15-5-4-6-29(38)41/h7-12,18,20-21,28,30,40H,4-6,13-17,19H2,1-3H3/t21-,28+,30-,32+/m1/s1. The molecule has 3 aliphatic rings. The maximum Gasteiger partial charge on any atom is 0.264 e. The average molecular weight is 640 g/mol. The summed E-state index contributed by atoms with van der Waals surface area (Å²) in [6, 6.07) is 13.2. The van der Waals surface area contributed by atoms with Gasteiger partial charge in [0.05, 0.1) is 24.0 Å². The summed E-state index contributed by atoms with van der Waals surface area (Å²) in [5.41, 5.74) is 2.03. The predicted molar refractivity (Wildman–Crippen MR) is 169 cm³/mol. The van der Waals surface area contributed by atoms with Gasteiger partial charge in [0.1, 0.15) is 0 Å². The molecule has 12 heteroatoms. The Balaban J connectivity index is 1.29. The van der Waals surface area contributed by atoms with Gasteiger partial charge in [-0.3, -0.25) is 14.3 Å². The summed E-state index contributed by atoms with van der Waals surface area (Å²) in [4.78, 5) is 30.6. The van der Waals surface area contributed by atoms with Gasteiger partial charge in [0.15, 0.2) is 5.60 Å². The molecule has 1 N–H and O–H groups in total. The fraction of sp³-hybridized carbons (Fsp3) is 0.500. The third kappa shape index (κ3) is 5.48. The molecule has 2 fully saturated rings. The highest BCUT2D eigenvalue weighted by molar-refractivity contribution is 6.72. The van der Waals surface area contributed by atoms with Crippen LogP contribution in [0.15, 0.2) is 48.7 Å². The fourth-order valence-electron chi connectivity index (χ4n) is 7.43. The second kappa shape index (κ2) is 12.0. The van der Waals surface area contributed by atoms with Crippen LogP contribution in [0.1, 0.15) is 49.4 Å². The van der Waals surface area contributed by atoms with Gasteiger partial charge >= 0.3 is 0 Å². The fourth-order valence-corrected chi connectivity index (χ4v) is 10.1. The number of halogens is 2. The van der Waals surface area contributed by atoms with E-state index >= 15 is 4.11 Å². The van der Waals surface area contributed by atoms with Crippen molar-refractivity contribution in [2.75, 3.05) is 23.0 Å². The molecule has 2 amide bonds. The molecule has 0 aliphatic carbocycles. The highest BCUT2D eigenvalue weighted by Crippen LogP contribution is 2.60. The molecule has 4 heterocycles. The lowest BCUT2D eigenvalue weighted by Gasteiger charge is -2.31. The minimum Gasteiger partial charge on any atom is -0.396 e. The Morgan fingerprint density at radius 2 is 1.93 bits per heavy atom. The van der Waals surface area contributed by atoms with Gasteiger partial charge in [0, 0.05) is 66.5 Å². The second-order valence-corrected chi connectivity index (χ2v) is 17.0. The molecule has 9 nitrogen and oxygen atoms in total. The number of aromatic nitrogens is 3. The Morgan fingerprint density at radius 3 is 2.64 bits per heavy atom. The van der Waals surface area contributed by atoms with Crippen LogP contribution in [0.5, 0.6) is 0 Å². The van der Waals surface area contributed by atoms with Gasteiger partial charge in [-0.15, -0.1) is 5.10 Å². The Bertz CT molecular complexity index is 1550. The van der Waals surface area contributed by atoms with E-state index in [-0.39, 0.29) is 18.4 Å². The van der Waals surface area contributed by atoms with Crippen LogP contribution >= 0.6 is 11.6 Å². The van der Waals surface area contributed by atoms with Crippen molar-refractivity contribution in [2.24, 2.45) is 5.92 Å². The topological polar surface area (TPSA) is 101 Å². The number of aliphatic hydroxyl groups excluding tert-OH is 1. The van der Waals surface area contributed by atoms with E-state index in [9.17, 15) is 14.7 Å². The number of carbonyl (C=O) groups is 2. The van der Waals surface area contributed by atoms with Gasteiger partial charge < -0.3 is 23.8 Å². The first-order valence-corrected chi connectivity index (χ1v) is 18.7. The maximum atomic E-state index is 16.1. The molecular formula is C32H39ClFN5O4Si. The number of hydrogen-bond acceptors (Lipinski definition) is 6. The van der Waals surface area contributed by atoms with Gasteiger partial charge in [-0.05, 0) is 68.3 Å². The summed E-state index contributed by atoms with van der Waals surface area (Å²) >= 11 is 6.50. The molecule has 0 unspecified atom stereocenters. The molecule has 2 aromatic carbocycles. The molecule has 0 saturated carbocycles. The molecule has 0 bridgehead atoms. The highest BCUT2D eigenvalue weighted by Gasteiger charge is 2.66. The van der Waals surface area contributed by atoms with Crippen molar-refractivity contribution in [2.45, 2.75) is 82.5 Å². The number of anilines is 2. The van der Waals surface area contributed by atoms with Crippen LogP contribution in [0.25, 0.3) is 0 Å². The number of benzene rings is 2. The SMILES string of the molecule is C[C@@H]1[C@@H]([Si](C)(C)F)[C@H](CCn2cc(CCO)nn2)O[C@@]12C(=O)N(Cc1ccc(N3CCCCC3=O)cc1)c1ccc(Cl)cc12. The van der Waals surface area contributed by atoms with Gasteiger partial charge in [-0.2, -0.15) is 0 Å². The lowest BCUT2D eigenvalue weighted by Crippen LogP contribution is -2.45. The monoisotopic (exact) mass is 639 g/mol. The number of fused-ring (bicyclic) bond motifs is 2. The second-order valence-electron chi connectivity index (χ2n) is 12.7. The minimum atomic E-state index is -3.32. The first kappa shape index (κ1) is 30.9. The lowest BCUT2D eigenvalue weighted by molar-refractivity contribution is -0.146. The molecule has 3 aromatic rings. The number of hydrogen-bond donors (Lipinski definition) is 1. The summed E-state index contributed by atoms with van der Waals surface area (Å²) in [6.45, 7) is 6.75. The Morgan fingerprint density at radius 1 is 1.16 bits per heavy atom. The zero-order valence-electron chi connectivity index (χ0n) is 25.4. The molecule has 3 aliphatic heterocycles. The number of aliphatic hydroxyl groups is 1. The van der Waals surface area contributed by atoms with Crippen molar-refractivity contribution in [3.63, 3.8) is 0 Å². The first-order valence-electron chi connectivity index (χ1n) is 15.4. The third-order valence-electron chi connectivity index (χ3n) is 9.43. The predicted octanol–water partition coefficient (Wildman–Crippen LogP) is 5.40. The molecule has 1 spiro atoms. The van der Waals surface area contributed by atoms with Crippen LogP contribution in [0.2, 0.25) is 23.7 Å². The van der Waals surface area contributed by atoms with Crippen molar-refractivity contribution >= 4 is 43.2 Å². The zero-order valence-corrected chi connectivity index (χ0v) is 27.1. The largest absolute Gasteiger partial charge is 0.396 e. The van der Waals surface area contributed by atoms with Crippen LogP contribution in [0.4, 0.5) is 15.5 Å². The summed E-state index contributed by atoms with van der Waals surface area (Å²) in [5, 5.41) is 18.0. The quantitative estimate of drug-likeness (QED) is 0.249. The maximum absolute atomic E-state index is 16.1. The molecule has 0 radical (unpaired) electrons. The van der Waals surface area contributed by atoms with E-state index in [1.165, 1.54) is 0 Å². The molecule has 4 atom stereocenters. The first-order chi connectivity index (χ1) is 21.0. The number of amides is 2. The zero-order chi connectivity index (χ0) is 31.2. The van der Waals surface area contributed by atoms with Crippen molar-refractivity contribution in [3.8, 4) is 0 Å². The number of ether oxygens (including phenoxy) is 1. The van der Waals surface area contributed by atoms with E-state index < -0.39 is 31.6 Å². The normalized spacial score (nSPS) is 25.4. The number of piperidine rings is 1. The van der Waals surface area contributed by atoms with E-state index in [2.05, 4.69) is 10.3 Å². The third-order valence-corrected chi connectivity index (χ3v) is 12.1. The summed E-state index contributed by atoms with van der Waals surface area (Å²) in [6.07, 6.45) is 4.60. The number of carbonyl (C=O) groups excluding carboxylic acids is 2. The van der Waals surface area contributed by atoms with E-state index in [1.54, 1.807) is 41.0 Å². The van der Waals surface area contributed by atoms with E-state index in [1.807, 2.05) is 42.2 Å². The van der Waals surface area contributed by atoms with E-state index in [4.69, 9.17) is 16.3 Å². The number of nitrogens with zero attached hydrogens (tertiary/aromatic N) is 5. The van der Waals surface area contributed by atoms with Gasteiger partial charge in [0.25, 0.3) is 5.91 Å². The van der Waals surface area contributed by atoms with Gasteiger partial charge in [0.2, 0.25) is 14.3 Å². The van der Waals surface area contributed by atoms with Crippen LogP contribution < -0.4 is 9.80 Å². The van der Waals surface area contributed by atoms with E-state index in [0.29, 0.717) is 60.9 Å². The lowest BCUT2D eigenvalue weighted by atomic mass is 9.82. The van der Waals surface area contributed by atoms with Crippen molar-refractivity contribution in [3.05, 3.63) is 70.5 Å². The van der Waals surface area contributed by atoms with Crippen LogP contribution in [0.3, 0.4) is 0 Å². The van der Waals surface area contributed by atoms with Crippen LogP contribution in [-0.2, 0) is 39.4 Å². The van der Waals surface area contributed by atoms with Gasteiger partial charge in [-0.1, -0.05) is 35.9 Å². The van der Waals surface area contributed by atoms with E-state index in [0.717, 1.165) is 24.1 Å². The molecular weight excluding hydrogens is 601 g/mol.